The quantitative estimate of drug-likeness (QED) is 0.632. The lowest BCUT2D eigenvalue weighted by Crippen LogP contribution is -2.35. The molecule has 0 fully saturated rings. The Morgan fingerprint density at radius 3 is 2.26 bits per heavy atom. The highest BCUT2D eigenvalue weighted by atomic mass is 31.1. The molecule has 0 radical (unpaired) electrons. The average molecular weight is 325 g/mol. The Bertz CT molecular complexity index is 764. The second kappa shape index (κ2) is 5.28. The van der Waals surface area contributed by atoms with E-state index in [1.807, 2.05) is 12.2 Å². The number of rotatable bonds is 0. The summed E-state index contributed by atoms with van der Waals surface area (Å²) in [5.41, 5.74) is 3.55. The summed E-state index contributed by atoms with van der Waals surface area (Å²) in [5, 5.41) is 2.48. The predicted octanol–water partition coefficient (Wildman–Crippen LogP) is 4.70. The van der Waals surface area contributed by atoms with Gasteiger partial charge in [-0.1, -0.05) is 65.8 Å². The molecule has 0 amide bonds. The van der Waals surface area contributed by atoms with Gasteiger partial charge in [0.2, 0.25) is 0 Å². The van der Waals surface area contributed by atoms with Crippen molar-refractivity contribution in [2.75, 3.05) is 0 Å². The molecule has 1 aliphatic carbocycles. The topological polar surface area (TPSA) is 17.1 Å². The summed E-state index contributed by atoms with van der Waals surface area (Å²) in [4.78, 5) is 13.3. The fourth-order valence-corrected chi connectivity index (χ4v) is 4.98. The van der Waals surface area contributed by atoms with E-state index in [-0.39, 0.29) is 22.5 Å². The molecule has 2 atom stereocenters. The van der Waals surface area contributed by atoms with Gasteiger partial charge in [-0.2, -0.15) is 0 Å². The van der Waals surface area contributed by atoms with Crippen LogP contribution in [0.4, 0.5) is 0 Å². The van der Waals surface area contributed by atoms with E-state index in [4.69, 9.17) is 0 Å². The van der Waals surface area contributed by atoms with Crippen molar-refractivity contribution in [3.05, 3.63) is 53.1 Å². The molecule has 2 unspecified atom stereocenters. The van der Waals surface area contributed by atoms with Crippen molar-refractivity contribution >= 4 is 24.6 Å². The van der Waals surface area contributed by atoms with Crippen LogP contribution in [0.25, 0.3) is 0 Å². The summed E-state index contributed by atoms with van der Waals surface area (Å²) in [6.45, 7) is 13.4. The first kappa shape index (κ1) is 16.4. The molecule has 0 N–H and O–H groups in total. The number of allylic oxidation sites excluding steroid dienone is 4. The van der Waals surface area contributed by atoms with Gasteiger partial charge in [0.15, 0.2) is 11.1 Å². The minimum absolute atomic E-state index is 0.0351. The van der Waals surface area contributed by atoms with Crippen molar-refractivity contribution in [2.24, 2.45) is 5.92 Å². The monoisotopic (exact) mass is 325 g/mol. The van der Waals surface area contributed by atoms with Gasteiger partial charge in [-0.05, 0) is 34.1 Å². The maximum Gasteiger partial charge on any atom is 0.182 e. The van der Waals surface area contributed by atoms with Gasteiger partial charge in [0.25, 0.3) is 0 Å². The summed E-state index contributed by atoms with van der Waals surface area (Å²) >= 11 is 0. The van der Waals surface area contributed by atoms with Gasteiger partial charge in [-0.3, -0.25) is 4.79 Å². The van der Waals surface area contributed by atoms with E-state index < -0.39 is 0 Å². The Balaban J connectivity index is 2.35. The molecule has 2 aliphatic rings. The second-order valence-corrected chi connectivity index (χ2v) is 9.94. The van der Waals surface area contributed by atoms with Gasteiger partial charge in [0.05, 0.1) is 5.56 Å². The van der Waals surface area contributed by atoms with Crippen LogP contribution in [0, 0.1) is 5.92 Å². The average Bonchev–Trinajstić information content (AvgIpc) is 2.44. The Hall–Kier alpha value is -1.46. The van der Waals surface area contributed by atoms with Crippen LogP contribution < -0.4 is 5.30 Å². The summed E-state index contributed by atoms with van der Waals surface area (Å²) in [7, 11) is 0.601. The SMILES string of the molecule is CC(C)(C)c1ccc2c(c1C(C)(C)C)C(=O)C1C=CC=CC1=[PH+]2. The van der Waals surface area contributed by atoms with Crippen molar-refractivity contribution in [3.63, 3.8) is 0 Å². The minimum atomic E-state index is -0.0536. The van der Waals surface area contributed by atoms with Gasteiger partial charge in [0, 0.05) is 0 Å². The lowest BCUT2D eigenvalue weighted by Gasteiger charge is -2.33. The molecular formula is C21H26OP+. The van der Waals surface area contributed by atoms with Gasteiger partial charge < -0.3 is 0 Å². The van der Waals surface area contributed by atoms with Crippen LogP contribution in [0.2, 0.25) is 0 Å². The van der Waals surface area contributed by atoms with Gasteiger partial charge in [-0.15, -0.1) is 0 Å². The highest BCUT2D eigenvalue weighted by Gasteiger charge is 2.40. The normalized spacial score (nSPS) is 20.9. The van der Waals surface area contributed by atoms with E-state index in [9.17, 15) is 4.79 Å². The van der Waals surface area contributed by atoms with Crippen molar-refractivity contribution in [3.8, 4) is 0 Å². The number of hydrogen-bond donors (Lipinski definition) is 0. The summed E-state index contributed by atoms with van der Waals surface area (Å²) in [6.07, 6.45) is 8.24. The van der Waals surface area contributed by atoms with E-state index in [1.54, 1.807) is 0 Å². The molecule has 0 saturated heterocycles. The second-order valence-electron chi connectivity index (χ2n) is 8.58. The molecule has 23 heavy (non-hydrogen) atoms. The Labute approximate surface area is 141 Å². The summed E-state index contributed by atoms with van der Waals surface area (Å²) < 4.78 is 0. The van der Waals surface area contributed by atoms with Crippen LogP contribution in [0.5, 0.6) is 0 Å². The highest BCUT2D eigenvalue weighted by Crippen LogP contribution is 2.39. The number of carbonyl (C=O) groups is 1. The Morgan fingerprint density at radius 1 is 0.957 bits per heavy atom. The third-order valence-corrected chi connectivity index (χ3v) is 6.05. The smallest absolute Gasteiger partial charge is 0.182 e. The van der Waals surface area contributed by atoms with E-state index in [1.165, 1.54) is 21.7 Å². The Morgan fingerprint density at radius 2 is 1.65 bits per heavy atom. The fourth-order valence-electron chi connectivity index (χ4n) is 3.57. The lowest BCUT2D eigenvalue weighted by molar-refractivity contribution is 0.0971. The number of ketones is 1. The molecule has 3 rings (SSSR count). The maximum absolute atomic E-state index is 13.3. The van der Waals surface area contributed by atoms with E-state index in [2.05, 4.69) is 65.8 Å². The van der Waals surface area contributed by atoms with Crippen molar-refractivity contribution in [1.29, 1.82) is 0 Å². The number of Topliss-reactive ketones (excluding diaryl/α,β-unsaturated/α-hetero) is 1. The summed E-state index contributed by atoms with van der Waals surface area (Å²) in [5.74, 6) is 0.229. The zero-order valence-corrected chi connectivity index (χ0v) is 15.9. The molecule has 1 nitrogen and oxygen atoms in total. The van der Waals surface area contributed by atoms with Crippen LogP contribution in [0.3, 0.4) is 0 Å². The maximum atomic E-state index is 13.3. The van der Waals surface area contributed by atoms with Crippen LogP contribution in [0.15, 0.2) is 36.4 Å². The molecule has 0 aromatic heterocycles. The summed E-state index contributed by atoms with van der Waals surface area (Å²) in [6, 6.07) is 4.44. The van der Waals surface area contributed by atoms with Gasteiger partial charge >= 0.3 is 0 Å². The van der Waals surface area contributed by atoms with E-state index in [0.29, 0.717) is 8.20 Å². The lowest BCUT2D eigenvalue weighted by atomic mass is 9.71. The minimum Gasteiger partial charge on any atom is -0.293 e. The number of hydrogen-bond acceptors (Lipinski definition) is 1. The van der Waals surface area contributed by atoms with Crippen molar-refractivity contribution in [2.45, 2.75) is 52.4 Å². The first-order valence-corrected chi connectivity index (χ1v) is 9.31. The Kier molecular flexibility index (Phi) is 3.76. The molecule has 120 valence electrons. The first-order valence-electron chi connectivity index (χ1n) is 8.31. The van der Waals surface area contributed by atoms with Gasteiger partial charge in [0.1, 0.15) is 19.4 Å². The standard InChI is InChI=1S/C21H25OP/c1-20(2,3)14-11-12-16-17(18(14)21(4,5)6)19(22)13-9-7-8-10-15(13)23-16/h7-13H,1-6H3/p+1. The van der Waals surface area contributed by atoms with Crippen LogP contribution in [0.1, 0.15) is 63.0 Å². The number of fused-ring (bicyclic) bond motifs is 2. The third kappa shape index (κ3) is 2.76. The molecule has 1 aromatic rings. The molecule has 2 heteroatoms. The van der Waals surface area contributed by atoms with E-state index in [0.717, 1.165) is 5.56 Å². The third-order valence-electron chi connectivity index (χ3n) is 4.60. The zero-order chi connectivity index (χ0) is 17.0. The fraction of sp³-hybridized carbons (Fsp3) is 0.429. The van der Waals surface area contributed by atoms with Gasteiger partial charge in [-0.25, -0.2) is 0 Å². The zero-order valence-electron chi connectivity index (χ0n) is 14.9. The molecule has 1 aliphatic heterocycles. The van der Waals surface area contributed by atoms with Crippen molar-refractivity contribution < 1.29 is 4.79 Å². The van der Waals surface area contributed by atoms with Crippen LogP contribution >= 0.6 is 8.20 Å². The first-order chi connectivity index (χ1) is 10.6. The van der Waals surface area contributed by atoms with E-state index >= 15 is 0 Å². The molecule has 0 spiro atoms. The van der Waals surface area contributed by atoms with Crippen molar-refractivity contribution in [1.82, 2.24) is 0 Å². The molecule has 0 bridgehead atoms. The molecule has 1 aromatic carbocycles. The number of benzene rings is 1. The van der Waals surface area contributed by atoms with Crippen LogP contribution in [-0.4, -0.2) is 11.1 Å². The number of carbonyl (C=O) groups excluding carboxylic acids is 1. The largest absolute Gasteiger partial charge is 0.293 e. The highest BCUT2D eigenvalue weighted by molar-refractivity contribution is 7.50. The van der Waals surface area contributed by atoms with Crippen LogP contribution in [-0.2, 0) is 10.8 Å². The molecule has 0 saturated carbocycles. The molecular weight excluding hydrogens is 299 g/mol. The predicted molar refractivity (Wildman–Crippen MR) is 103 cm³/mol. The molecule has 1 heterocycles.